The van der Waals surface area contributed by atoms with Crippen molar-refractivity contribution >= 4 is 48.6 Å². The number of carbonyl (C=O) groups excluding carboxylic acids is 4. The van der Waals surface area contributed by atoms with E-state index in [4.69, 9.17) is 10.5 Å². The molecule has 0 saturated carbocycles. The molecule has 2 aliphatic rings. The monoisotopic (exact) mass is 832 g/mol. The van der Waals surface area contributed by atoms with Crippen molar-refractivity contribution in [1.82, 2.24) is 25.9 Å². The average Bonchev–Trinajstić information content (AvgIpc) is 3.63. The molecule has 0 radical (unpaired) electrons. The number of carbonyl (C=O) groups is 4. The molecule has 0 aliphatic carbocycles. The highest BCUT2D eigenvalue weighted by Crippen LogP contribution is 2.36. The van der Waals surface area contributed by atoms with E-state index >= 15 is 0 Å². The minimum absolute atomic E-state index is 0. The molecule has 4 atom stereocenters. The van der Waals surface area contributed by atoms with E-state index in [2.05, 4.69) is 29.8 Å². The topological polar surface area (TPSA) is 166 Å². The maximum atomic E-state index is 14.2. The number of halogens is 2. The molecule has 0 aromatic heterocycles. The van der Waals surface area contributed by atoms with Crippen molar-refractivity contribution in [2.75, 3.05) is 13.1 Å². The molecule has 318 valence electrons. The van der Waals surface area contributed by atoms with E-state index in [1.165, 1.54) is 5.06 Å². The van der Waals surface area contributed by atoms with Crippen LogP contribution in [0.1, 0.15) is 97.6 Å². The van der Waals surface area contributed by atoms with E-state index < -0.39 is 35.2 Å². The summed E-state index contributed by atoms with van der Waals surface area (Å²) in [6, 6.07) is 17.1. The van der Waals surface area contributed by atoms with Crippen LogP contribution in [-0.4, -0.2) is 87.3 Å². The molecule has 6 N–H and O–H groups in total. The summed E-state index contributed by atoms with van der Waals surface area (Å²) in [5.74, 6) is -0.975. The zero-order valence-corrected chi connectivity index (χ0v) is 36.1. The summed E-state index contributed by atoms with van der Waals surface area (Å²) in [6.07, 6.45) is 7.29. The molecule has 0 bridgehead atoms. The Bertz CT molecular complexity index is 1580. The van der Waals surface area contributed by atoms with Gasteiger partial charge in [0, 0.05) is 36.3 Å². The van der Waals surface area contributed by atoms with Crippen molar-refractivity contribution in [3.63, 3.8) is 0 Å². The fourth-order valence-electron chi connectivity index (χ4n) is 8.00. The molecular weight excluding hydrogens is 767 g/mol. The molecule has 0 unspecified atom stereocenters. The van der Waals surface area contributed by atoms with Gasteiger partial charge in [0.1, 0.15) is 18.7 Å². The lowest BCUT2D eigenvalue weighted by Gasteiger charge is -2.51. The minimum Gasteiger partial charge on any atom is -0.445 e. The molecular formula is C43H66Cl2N6O6. The van der Waals surface area contributed by atoms with Gasteiger partial charge in [0.15, 0.2) is 0 Å². The lowest BCUT2D eigenvalue weighted by molar-refractivity contribution is -0.246. The molecule has 2 aliphatic heterocycles. The summed E-state index contributed by atoms with van der Waals surface area (Å²) in [6.45, 7) is 12.7. The van der Waals surface area contributed by atoms with Crippen molar-refractivity contribution in [1.29, 1.82) is 0 Å². The number of hydroxylamine groups is 2. The standard InChI is InChI=1S/C43H64N6O6.2ClH/c1-30(2)25-34(44)22-21-33(26-31-15-9-7-10-16-31)40(52)48-24-14-20-37(48)39(51)47-36(19-13-23-45-41(53)55-29-32-17-11-8-12-18-32)38(50)46-35-27-42(3,4)49(54)43(5,6)28-35;;/h7-12,15-18,21-22,30,33-37,54H,13-14,19-20,23-29,44H2,1-6H3,(H,45,53)(H,46,50)(H,47,51);2*1H/b22-21+;;/t33-,34-,36-,37+;;/m1../s1. The Morgan fingerprint density at radius 1 is 0.930 bits per heavy atom. The van der Waals surface area contributed by atoms with Crippen LogP contribution < -0.4 is 21.7 Å². The van der Waals surface area contributed by atoms with Gasteiger partial charge in [-0.05, 0) is 96.1 Å². The van der Waals surface area contributed by atoms with Gasteiger partial charge in [0.05, 0.1) is 5.92 Å². The van der Waals surface area contributed by atoms with Gasteiger partial charge in [-0.2, -0.15) is 5.06 Å². The SMILES string of the molecule is CC(C)C[C@H](N)/C=C/[C@H](Cc1ccccc1)C(=O)N1CCC[C@H]1C(=O)N[C@H](CCCNC(=O)OCc1ccccc1)C(=O)NC1CC(C)(C)N(O)C(C)(C)C1.Cl.Cl. The molecule has 2 aromatic carbocycles. The number of hydrogen-bond acceptors (Lipinski definition) is 8. The number of nitrogens with zero attached hydrogens (tertiary/aromatic N) is 2. The van der Waals surface area contributed by atoms with Crippen molar-refractivity contribution in [2.24, 2.45) is 17.6 Å². The summed E-state index contributed by atoms with van der Waals surface area (Å²) < 4.78 is 5.33. The smallest absolute Gasteiger partial charge is 0.407 e. The van der Waals surface area contributed by atoms with Crippen molar-refractivity contribution in [3.05, 3.63) is 83.9 Å². The van der Waals surface area contributed by atoms with Crippen LogP contribution in [-0.2, 0) is 32.1 Å². The van der Waals surface area contributed by atoms with Crippen molar-refractivity contribution in [3.8, 4) is 0 Å². The molecule has 57 heavy (non-hydrogen) atoms. The van der Waals surface area contributed by atoms with Gasteiger partial charge in [-0.1, -0.05) is 86.7 Å². The largest absolute Gasteiger partial charge is 0.445 e. The average molecular weight is 834 g/mol. The number of rotatable bonds is 17. The number of alkyl carbamates (subject to hydrolysis) is 1. The third-order valence-corrected chi connectivity index (χ3v) is 10.6. The zero-order valence-electron chi connectivity index (χ0n) is 34.4. The first-order valence-corrected chi connectivity index (χ1v) is 19.9. The highest BCUT2D eigenvalue weighted by atomic mass is 35.5. The highest BCUT2D eigenvalue weighted by molar-refractivity contribution is 5.93. The molecule has 0 spiro atoms. The van der Waals surface area contributed by atoms with Gasteiger partial charge in [-0.15, -0.1) is 24.8 Å². The number of nitrogens with two attached hydrogens (primary N) is 1. The maximum Gasteiger partial charge on any atom is 0.407 e. The Hall–Kier alpha value is -3.68. The first-order chi connectivity index (χ1) is 26.1. The second kappa shape index (κ2) is 23.0. The van der Waals surface area contributed by atoms with Crippen molar-refractivity contribution in [2.45, 2.75) is 135 Å². The second-order valence-electron chi connectivity index (χ2n) is 16.9. The summed E-state index contributed by atoms with van der Waals surface area (Å²) in [5.41, 5.74) is 7.08. The predicted octanol–water partition coefficient (Wildman–Crippen LogP) is 6.33. The first-order valence-electron chi connectivity index (χ1n) is 19.9. The maximum absolute atomic E-state index is 14.2. The van der Waals surface area contributed by atoms with Gasteiger partial charge in [-0.3, -0.25) is 14.4 Å². The number of benzene rings is 2. The van der Waals surface area contributed by atoms with Crippen LogP contribution in [0.4, 0.5) is 4.79 Å². The molecule has 14 heteroatoms. The first kappa shape index (κ1) is 49.5. The van der Waals surface area contributed by atoms with Crippen LogP contribution >= 0.6 is 24.8 Å². The third-order valence-electron chi connectivity index (χ3n) is 10.6. The van der Waals surface area contributed by atoms with E-state index in [0.717, 1.165) is 17.5 Å². The number of hydrogen-bond donors (Lipinski definition) is 5. The van der Waals surface area contributed by atoms with Gasteiger partial charge in [-0.25, -0.2) is 4.79 Å². The van der Waals surface area contributed by atoms with Crippen LogP contribution in [0, 0.1) is 11.8 Å². The molecule has 2 heterocycles. The summed E-state index contributed by atoms with van der Waals surface area (Å²) in [4.78, 5) is 56.4. The quantitative estimate of drug-likeness (QED) is 0.0912. The number of amides is 4. The number of likely N-dealkylation sites (tertiary alicyclic amines) is 1. The lowest BCUT2D eigenvalue weighted by Crippen LogP contribution is -2.64. The van der Waals surface area contributed by atoms with Gasteiger partial charge in [0.25, 0.3) is 0 Å². The highest BCUT2D eigenvalue weighted by Gasteiger charge is 2.46. The Balaban J connectivity index is 0.00000561. The zero-order chi connectivity index (χ0) is 40.2. The van der Waals surface area contributed by atoms with Crippen LogP contribution in [0.5, 0.6) is 0 Å². The molecule has 4 rings (SSSR count). The minimum atomic E-state index is -0.917. The Morgan fingerprint density at radius 2 is 1.53 bits per heavy atom. The van der Waals surface area contributed by atoms with Crippen LogP contribution in [0.25, 0.3) is 0 Å². The Labute approximate surface area is 351 Å². The predicted molar refractivity (Wildman–Crippen MR) is 228 cm³/mol. The third kappa shape index (κ3) is 15.2. The number of ether oxygens (including phenoxy) is 1. The second-order valence-corrected chi connectivity index (χ2v) is 16.9. The molecule has 2 fully saturated rings. The number of nitrogens with one attached hydrogen (secondary N) is 3. The van der Waals surface area contributed by atoms with E-state index in [0.29, 0.717) is 51.0 Å². The van der Waals surface area contributed by atoms with E-state index in [1.54, 1.807) is 4.90 Å². The molecule has 12 nitrogen and oxygen atoms in total. The van der Waals surface area contributed by atoms with Gasteiger partial charge in [0.2, 0.25) is 17.7 Å². The molecule has 4 amide bonds. The van der Waals surface area contributed by atoms with Gasteiger partial charge < -0.3 is 36.5 Å². The lowest BCUT2D eigenvalue weighted by atomic mass is 9.79. The summed E-state index contributed by atoms with van der Waals surface area (Å²) in [7, 11) is 0. The molecule has 2 saturated heterocycles. The van der Waals surface area contributed by atoms with E-state index in [-0.39, 0.29) is 74.2 Å². The Morgan fingerprint density at radius 3 is 2.12 bits per heavy atom. The van der Waals surface area contributed by atoms with Crippen LogP contribution in [0.2, 0.25) is 0 Å². The normalized spacial score (nSPS) is 19.5. The van der Waals surface area contributed by atoms with Crippen LogP contribution in [0.3, 0.4) is 0 Å². The summed E-state index contributed by atoms with van der Waals surface area (Å²) in [5, 5.41) is 21.1. The fourth-order valence-corrected chi connectivity index (χ4v) is 8.00. The van der Waals surface area contributed by atoms with Crippen molar-refractivity contribution < 1.29 is 29.1 Å². The van der Waals surface area contributed by atoms with Gasteiger partial charge >= 0.3 is 6.09 Å². The Kier molecular flexibility index (Phi) is 20.0. The van der Waals surface area contributed by atoms with E-state index in [9.17, 15) is 24.4 Å². The van der Waals surface area contributed by atoms with E-state index in [1.807, 2.05) is 101 Å². The fraction of sp³-hybridized carbons (Fsp3) is 0.581. The number of piperidine rings is 1. The molecule has 2 aromatic rings. The summed E-state index contributed by atoms with van der Waals surface area (Å²) >= 11 is 0. The van der Waals surface area contributed by atoms with Crippen LogP contribution in [0.15, 0.2) is 72.8 Å².